The molecule has 84 valence electrons. The molecule has 4 heteroatoms. The van der Waals surface area contributed by atoms with Gasteiger partial charge >= 0.3 is 1.43 Å². The van der Waals surface area contributed by atoms with E-state index in [-0.39, 0.29) is 1.43 Å². The maximum atomic E-state index is 8.33. The smallest absolute Gasteiger partial charge is 0.652 e. The maximum Gasteiger partial charge on any atom is 1.00 e. The van der Waals surface area contributed by atoms with E-state index >= 15 is 0 Å². The predicted molar refractivity (Wildman–Crippen MR) is 54.7 cm³/mol. The van der Waals surface area contributed by atoms with E-state index in [1.54, 1.807) is 0 Å². The molecule has 1 rings (SSSR count). The summed E-state index contributed by atoms with van der Waals surface area (Å²) in [5.74, 6) is 0. The number of rotatable bonds is 2. The van der Waals surface area contributed by atoms with E-state index in [4.69, 9.17) is 15.0 Å². The SMILES string of the molecule is C[N+](C)(C)Cc1ccccc1.O=C([O-])[O-].[H+]. The Morgan fingerprint density at radius 2 is 1.60 bits per heavy atom. The van der Waals surface area contributed by atoms with Gasteiger partial charge in [-0.15, -0.1) is 0 Å². The van der Waals surface area contributed by atoms with Crippen LogP contribution in [0.5, 0.6) is 0 Å². The predicted octanol–water partition coefficient (Wildman–Crippen LogP) is -0.442. The van der Waals surface area contributed by atoms with Crippen LogP contribution in [-0.2, 0) is 6.54 Å². The van der Waals surface area contributed by atoms with E-state index < -0.39 is 6.16 Å². The van der Waals surface area contributed by atoms with E-state index in [0.29, 0.717) is 0 Å². The lowest BCUT2D eigenvalue weighted by Gasteiger charge is -2.23. The highest BCUT2D eigenvalue weighted by atomic mass is 16.6. The molecule has 0 aliphatic carbocycles. The molecule has 0 aromatic heterocycles. The third-order valence-corrected chi connectivity index (χ3v) is 1.50. The minimum Gasteiger partial charge on any atom is -0.652 e. The summed E-state index contributed by atoms with van der Waals surface area (Å²) in [6, 6.07) is 10.6. The van der Waals surface area contributed by atoms with Gasteiger partial charge in [-0.25, -0.2) is 0 Å². The molecular formula is C11H17NO3. The maximum absolute atomic E-state index is 8.33. The minimum atomic E-state index is -2.33. The van der Waals surface area contributed by atoms with Crippen LogP contribution in [0.1, 0.15) is 6.99 Å². The highest BCUT2D eigenvalue weighted by Crippen LogP contribution is 2.04. The molecule has 0 fully saturated rings. The lowest BCUT2D eigenvalue weighted by atomic mass is 10.2. The van der Waals surface area contributed by atoms with Gasteiger partial charge < -0.3 is 19.5 Å². The van der Waals surface area contributed by atoms with Gasteiger partial charge in [0.05, 0.1) is 21.1 Å². The number of quaternary nitrogens is 1. The standard InChI is InChI=1S/C10H16N.CH2O3/c1-11(2,3)9-10-7-5-4-6-8-10;2-1(3)4/h4-8H,9H2,1-3H3;(H2,2,3,4)/q+1;/p-1. The van der Waals surface area contributed by atoms with E-state index in [1.165, 1.54) is 5.56 Å². The summed E-state index contributed by atoms with van der Waals surface area (Å²) in [7, 11) is 6.60. The Morgan fingerprint density at radius 1 is 1.20 bits per heavy atom. The summed E-state index contributed by atoms with van der Waals surface area (Å²) in [6.07, 6.45) is -2.33. The van der Waals surface area contributed by atoms with Crippen molar-refractivity contribution in [3.05, 3.63) is 35.9 Å². The minimum absolute atomic E-state index is 0. The number of carboxylic acid groups (broad SMARTS) is 2. The van der Waals surface area contributed by atoms with Crippen LogP contribution >= 0.6 is 0 Å². The van der Waals surface area contributed by atoms with Crippen molar-refractivity contribution >= 4 is 6.16 Å². The molecule has 0 heterocycles. The van der Waals surface area contributed by atoms with Gasteiger partial charge in [0.1, 0.15) is 6.54 Å². The molecule has 0 amide bonds. The quantitative estimate of drug-likeness (QED) is 0.623. The van der Waals surface area contributed by atoms with Crippen LogP contribution in [0.2, 0.25) is 0 Å². The first-order chi connectivity index (χ1) is 6.81. The van der Waals surface area contributed by atoms with Gasteiger partial charge in [-0.05, 0) is 6.16 Å². The van der Waals surface area contributed by atoms with Crippen LogP contribution < -0.4 is 10.2 Å². The van der Waals surface area contributed by atoms with Gasteiger partial charge in [-0.3, -0.25) is 0 Å². The van der Waals surface area contributed by atoms with Gasteiger partial charge in [0, 0.05) is 5.56 Å². The third kappa shape index (κ3) is 10.4. The molecule has 0 aliphatic rings. The van der Waals surface area contributed by atoms with Crippen molar-refractivity contribution in [3.63, 3.8) is 0 Å². The number of carbonyl (C=O) groups excluding carboxylic acids is 1. The first-order valence-corrected chi connectivity index (χ1v) is 4.53. The van der Waals surface area contributed by atoms with Gasteiger partial charge in [-0.1, -0.05) is 30.3 Å². The van der Waals surface area contributed by atoms with Crippen molar-refractivity contribution in [1.82, 2.24) is 0 Å². The number of hydrogen-bond acceptors (Lipinski definition) is 3. The van der Waals surface area contributed by atoms with Crippen LogP contribution in [0.4, 0.5) is 4.79 Å². The Hall–Kier alpha value is -1.55. The van der Waals surface area contributed by atoms with E-state index in [2.05, 4.69) is 51.5 Å². The zero-order valence-electron chi connectivity index (χ0n) is 10.3. The highest BCUT2D eigenvalue weighted by molar-refractivity contribution is 5.47. The zero-order chi connectivity index (χ0) is 11.9. The van der Waals surface area contributed by atoms with Crippen molar-refractivity contribution in [1.29, 1.82) is 0 Å². The largest absolute Gasteiger partial charge is 1.00 e. The fourth-order valence-corrected chi connectivity index (χ4v) is 1.13. The van der Waals surface area contributed by atoms with Gasteiger partial charge in [0.25, 0.3) is 0 Å². The number of nitrogens with zero attached hydrogens (tertiary/aromatic N) is 1. The molecule has 0 aliphatic heterocycles. The zero-order valence-corrected chi connectivity index (χ0v) is 9.27. The normalized spacial score (nSPS) is 10.1. The fraction of sp³-hybridized carbons (Fsp3) is 0.364. The van der Waals surface area contributed by atoms with Crippen molar-refractivity contribution in [3.8, 4) is 0 Å². The Morgan fingerprint density at radius 3 is 1.93 bits per heavy atom. The second kappa shape index (κ2) is 6.03. The summed E-state index contributed by atoms with van der Waals surface area (Å²) < 4.78 is 0.990. The molecule has 0 saturated heterocycles. The van der Waals surface area contributed by atoms with Crippen LogP contribution in [0.15, 0.2) is 30.3 Å². The third-order valence-electron chi connectivity index (χ3n) is 1.50. The first kappa shape index (κ1) is 13.4. The summed E-state index contributed by atoms with van der Waals surface area (Å²) in [6.45, 7) is 1.10. The van der Waals surface area contributed by atoms with Gasteiger partial charge in [-0.2, -0.15) is 0 Å². The molecule has 1 aromatic rings. The molecule has 4 nitrogen and oxygen atoms in total. The lowest BCUT2D eigenvalue weighted by molar-refractivity contribution is -0.884. The molecule has 0 N–H and O–H groups in total. The lowest BCUT2D eigenvalue weighted by Crippen LogP contribution is -2.37. The topological polar surface area (TPSA) is 63.2 Å². The first-order valence-electron chi connectivity index (χ1n) is 4.53. The van der Waals surface area contributed by atoms with E-state index in [0.717, 1.165) is 11.0 Å². The average Bonchev–Trinajstić information content (AvgIpc) is 2.01. The molecule has 15 heavy (non-hydrogen) atoms. The molecule has 0 bridgehead atoms. The molecule has 0 unspecified atom stereocenters. The summed E-state index contributed by atoms with van der Waals surface area (Å²) >= 11 is 0. The number of carbonyl (C=O) groups is 1. The second-order valence-electron chi connectivity index (χ2n) is 4.18. The van der Waals surface area contributed by atoms with Crippen LogP contribution in [-0.4, -0.2) is 31.8 Å². The van der Waals surface area contributed by atoms with Crippen molar-refractivity contribution < 1.29 is 20.9 Å². The second-order valence-corrected chi connectivity index (χ2v) is 4.18. The van der Waals surface area contributed by atoms with Crippen LogP contribution in [0.25, 0.3) is 0 Å². The Kier molecular flexibility index (Phi) is 5.41. The fourth-order valence-electron chi connectivity index (χ4n) is 1.13. The monoisotopic (exact) mass is 211 g/mol. The van der Waals surface area contributed by atoms with E-state index in [1.807, 2.05) is 0 Å². The molecular weight excluding hydrogens is 194 g/mol. The van der Waals surface area contributed by atoms with Crippen LogP contribution in [0, 0.1) is 0 Å². The Labute approximate surface area is 91.5 Å². The van der Waals surface area contributed by atoms with Crippen LogP contribution in [0.3, 0.4) is 0 Å². The average molecular weight is 211 g/mol. The number of benzene rings is 1. The summed E-state index contributed by atoms with van der Waals surface area (Å²) in [4.78, 5) is 8.33. The van der Waals surface area contributed by atoms with Gasteiger partial charge in [0.2, 0.25) is 0 Å². The van der Waals surface area contributed by atoms with Crippen molar-refractivity contribution in [2.75, 3.05) is 21.1 Å². The Bertz CT molecular complexity index is 292. The van der Waals surface area contributed by atoms with E-state index in [9.17, 15) is 0 Å². The molecule has 0 spiro atoms. The molecule has 0 atom stereocenters. The highest BCUT2D eigenvalue weighted by Gasteiger charge is 2.06. The van der Waals surface area contributed by atoms with Crippen molar-refractivity contribution in [2.24, 2.45) is 0 Å². The molecule has 1 aromatic carbocycles. The Balaban J connectivity index is 0. The number of hydrogen-bond donors (Lipinski definition) is 0. The van der Waals surface area contributed by atoms with Gasteiger partial charge in [0.15, 0.2) is 0 Å². The summed E-state index contributed by atoms with van der Waals surface area (Å²) in [5.41, 5.74) is 1.40. The van der Waals surface area contributed by atoms with Crippen molar-refractivity contribution in [2.45, 2.75) is 6.54 Å². The molecule has 0 radical (unpaired) electrons. The summed E-state index contributed by atoms with van der Waals surface area (Å²) in [5, 5.41) is 16.7. The molecule has 0 saturated carbocycles.